The van der Waals surface area contributed by atoms with Crippen molar-refractivity contribution in [1.82, 2.24) is 19.4 Å². The van der Waals surface area contributed by atoms with Crippen molar-refractivity contribution in [2.24, 2.45) is 0 Å². The third kappa shape index (κ3) is 5.66. The van der Waals surface area contributed by atoms with Crippen LogP contribution in [0.2, 0.25) is 0 Å². The predicted molar refractivity (Wildman–Crippen MR) is 143 cm³/mol. The topological polar surface area (TPSA) is 92.5 Å². The van der Waals surface area contributed by atoms with Crippen molar-refractivity contribution >= 4 is 16.9 Å². The van der Waals surface area contributed by atoms with E-state index in [-0.39, 0.29) is 55.3 Å². The van der Waals surface area contributed by atoms with Gasteiger partial charge in [0.2, 0.25) is 5.95 Å². The fourth-order valence-corrected chi connectivity index (χ4v) is 5.60. The van der Waals surface area contributed by atoms with Crippen molar-refractivity contribution in [3.63, 3.8) is 0 Å². The second-order valence-corrected chi connectivity index (χ2v) is 10.8. The molecule has 2 N–H and O–H groups in total. The first-order valence-electron chi connectivity index (χ1n) is 13.4. The normalized spacial score (nSPS) is 21.9. The van der Waals surface area contributed by atoms with Gasteiger partial charge in [0.15, 0.2) is 11.2 Å². The average Bonchev–Trinajstić information content (AvgIpc) is 2.88. The van der Waals surface area contributed by atoms with Crippen LogP contribution in [0.15, 0.2) is 29.2 Å². The number of nitrogens with zero attached hydrogens (tertiary/aromatic N) is 4. The summed E-state index contributed by atoms with van der Waals surface area (Å²) in [6.45, 7) is 6.76. The van der Waals surface area contributed by atoms with Crippen LogP contribution in [-0.4, -0.2) is 68.9 Å². The minimum absolute atomic E-state index is 0.0523. The first kappa shape index (κ1) is 27.5. The standard InChI is InChI=1S/C28H34F3N5O3/c1-16(2)36-22-11-18(25-20(29)12-32-27(34-25)33-21-7-10-39-14-24(21)37)5-6-19(22)26(38)17(3)23(36)13-35-9-4-8-28(30,31)15-35/h5-6,11-12,16,21,24,37H,4,7-10,13-15H2,1-3H3,(H,32,33,34)/t21-,24-/m1/s1. The Morgan fingerprint density at radius 3 is 2.82 bits per heavy atom. The summed E-state index contributed by atoms with van der Waals surface area (Å²) in [5, 5.41) is 13.7. The smallest absolute Gasteiger partial charge is 0.260 e. The van der Waals surface area contributed by atoms with Gasteiger partial charge in [0.1, 0.15) is 5.69 Å². The van der Waals surface area contributed by atoms with E-state index in [1.165, 1.54) is 0 Å². The lowest BCUT2D eigenvalue weighted by Crippen LogP contribution is -2.43. The summed E-state index contributed by atoms with van der Waals surface area (Å²) in [5.41, 5.74) is 2.11. The zero-order valence-electron chi connectivity index (χ0n) is 22.4. The van der Waals surface area contributed by atoms with Crippen LogP contribution in [0.3, 0.4) is 0 Å². The molecule has 2 aliphatic heterocycles. The van der Waals surface area contributed by atoms with Crippen molar-refractivity contribution in [2.75, 3.05) is 31.6 Å². The Kier molecular flexibility index (Phi) is 7.67. The molecule has 0 spiro atoms. The second kappa shape index (κ2) is 10.9. The molecular weight excluding hydrogens is 511 g/mol. The van der Waals surface area contributed by atoms with Crippen molar-refractivity contribution in [1.29, 1.82) is 0 Å². The lowest BCUT2D eigenvalue weighted by Gasteiger charge is -2.34. The van der Waals surface area contributed by atoms with E-state index in [1.54, 1.807) is 30.0 Å². The van der Waals surface area contributed by atoms with E-state index in [0.717, 1.165) is 6.20 Å². The van der Waals surface area contributed by atoms with E-state index in [2.05, 4.69) is 15.3 Å². The lowest BCUT2D eigenvalue weighted by molar-refractivity contribution is -0.0666. The molecule has 11 heteroatoms. The molecule has 2 atom stereocenters. The van der Waals surface area contributed by atoms with Crippen LogP contribution in [0.5, 0.6) is 0 Å². The molecule has 2 aliphatic rings. The lowest BCUT2D eigenvalue weighted by atomic mass is 10.0. The number of nitrogens with one attached hydrogen (secondary N) is 1. The molecule has 1 aromatic carbocycles. The van der Waals surface area contributed by atoms with Gasteiger partial charge in [-0.1, -0.05) is 6.07 Å². The number of hydrogen-bond donors (Lipinski definition) is 2. The minimum atomic E-state index is -2.75. The second-order valence-electron chi connectivity index (χ2n) is 10.8. The van der Waals surface area contributed by atoms with E-state index in [4.69, 9.17) is 4.74 Å². The van der Waals surface area contributed by atoms with Crippen molar-refractivity contribution in [2.45, 2.75) is 70.7 Å². The fourth-order valence-electron chi connectivity index (χ4n) is 5.60. The number of anilines is 1. The molecule has 0 aliphatic carbocycles. The number of benzene rings is 1. The van der Waals surface area contributed by atoms with Gasteiger partial charge in [-0.3, -0.25) is 9.69 Å². The number of rotatable bonds is 6. The Morgan fingerprint density at radius 1 is 1.31 bits per heavy atom. The number of aliphatic hydroxyl groups excluding tert-OH is 1. The molecule has 0 radical (unpaired) electrons. The molecule has 8 nitrogen and oxygen atoms in total. The van der Waals surface area contributed by atoms with Gasteiger partial charge >= 0.3 is 0 Å². The monoisotopic (exact) mass is 545 g/mol. The number of fused-ring (bicyclic) bond motifs is 1. The van der Waals surface area contributed by atoms with Crippen LogP contribution in [-0.2, 0) is 11.3 Å². The number of hydrogen-bond acceptors (Lipinski definition) is 7. The van der Waals surface area contributed by atoms with Gasteiger partial charge in [-0.15, -0.1) is 0 Å². The molecule has 0 unspecified atom stereocenters. The number of alkyl halides is 2. The van der Waals surface area contributed by atoms with Crippen LogP contribution in [0.4, 0.5) is 19.1 Å². The molecule has 0 amide bonds. The highest BCUT2D eigenvalue weighted by Crippen LogP contribution is 2.31. The Morgan fingerprint density at radius 2 is 2.10 bits per heavy atom. The number of ether oxygens (including phenoxy) is 1. The van der Waals surface area contributed by atoms with Crippen LogP contribution in [0.25, 0.3) is 22.2 Å². The number of likely N-dealkylation sites (tertiary alicyclic amines) is 1. The van der Waals surface area contributed by atoms with Crippen molar-refractivity contribution < 1.29 is 23.0 Å². The highest BCUT2D eigenvalue weighted by molar-refractivity contribution is 5.85. The molecule has 5 rings (SSSR count). The van der Waals surface area contributed by atoms with Gasteiger partial charge < -0.3 is 19.7 Å². The molecule has 2 saturated heterocycles. The highest BCUT2D eigenvalue weighted by Gasteiger charge is 2.35. The van der Waals surface area contributed by atoms with E-state index in [1.807, 2.05) is 18.4 Å². The van der Waals surface area contributed by atoms with Gasteiger partial charge in [-0.25, -0.2) is 23.1 Å². The van der Waals surface area contributed by atoms with Gasteiger partial charge in [0.25, 0.3) is 5.92 Å². The number of piperidine rings is 1. The van der Waals surface area contributed by atoms with Crippen LogP contribution < -0.4 is 10.7 Å². The number of halogens is 3. The molecule has 210 valence electrons. The summed E-state index contributed by atoms with van der Waals surface area (Å²) < 4.78 is 50.5. The molecule has 0 bridgehead atoms. The summed E-state index contributed by atoms with van der Waals surface area (Å²) in [5.74, 6) is -3.21. The van der Waals surface area contributed by atoms with Gasteiger partial charge in [-0.05, 0) is 52.3 Å². The SMILES string of the molecule is Cc1c(CN2CCCC(F)(F)C2)n(C(C)C)c2cc(-c3nc(N[C@@H]4CCOC[C@H]4O)ncc3F)ccc2c1=O. The Labute approximate surface area is 224 Å². The zero-order valence-corrected chi connectivity index (χ0v) is 22.4. The van der Waals surface area contributed by atoms with E-state index in [9.17, 15) is 18.7 Å². The van der Waals surface area contributed by atoms with Crippen LogP contribution in [0.1, 0.15) is 50.4 Å². The van der Waals surface area contributed by atoms with E-state index >= 15 is 4.39 Å². The average molecular weight is 546 g/mol. The van der Waals surface area contributed by atoms with E-state index < -0.39 is 17.8 Å². The predicted octanol–water partition coefficient (Wildman–Crippen LogP) is 4.28. The summed E-state index contributed by atoms with van der Waals surface area (Å²) in [6, 6.07) is 4.62. The van der Waals surface area contributed by atoms with E-state index in [0.29, 0.717) is 53.7 Å². The third-order valence-electron chi connectivity index (χ3n) is 7.59. The fraction of sp³-hybridized carbons (Fsp3) is 0.536. The number of aromatic nitrogens is 3. The van der Waals surface area contributed by atoms with Crippen molar-refractivity contribution in [3.8, 4) is 11.3 Å². The quantitative estimate of drug-likeness (QED) is 0.478. The molecule has 0 saturated carbocycles. The molecule has 39 heavy (non-hydrogen) atoms. The summed E-state index contributed by atoms with van der Waals surface area (Å²) in [7, 11) is 0. The van der Waals surface area contributed by atoms with Gasteiger partial charge in [0, 0.05) is 47.8 Å². The number of pyridine rings is 1. The molecule has 2 aromatic heterocycles. The zero-order chi connectivity index (χ0) is 27.9. The number of aliphatic hydroxyl groups is 1. The first-order valence-corrected chi connectivity index (χ1v) is 13.4. The molecule has 3 aromatic rings. The minimum Gasteiger partial charge on any atom is -0.389 e. The summed E-state index contributed by atoms with van der Waals surface area (Å²) in [4.78, 5) is 23.5. The molecule has 2 fully saturated rings. The van der Waals surface area contributed by atoms with Crippen LogP contribution in [0, 0.1) is 12.7 Å². The Hall–Kier alpha value is -3.02. The third-order valence-corrected chi connectivity index (χ3v) is 7.59. The van der Waals surface area contributed by atoms with Gasteiger partial charge in [-0.2, -0.15) is 0 Å². The largest absolute Gasteiger partial charge is 0.389 e. The van der Waals surface area contributed by atoms with Gasteiger partial charge in [0.05, 0.1) is 37.0 Å². The molecule has 4 heterocycles. The summed E-state index contributed by atoms with van der Waals surface area (Å²) in [6.07, 6.45) is 1.16. The maximum Gasteiger partial charge on any atom is 0.260 e. The maximum atomic E-state index is 15.0. The first-order chi connectivity index (χ1) is 18.5. The Bertz CT molecular complexity index is 1430. The highest BCUT2D eigenvalue weighted by atomic mass is 19.3. The maximum absolute atomic E-state index is 15.0. The molecular formula is C28H34F3N5O3. The summed E-state index contributed by atoms with van der Waals surface area (Å²) >= 11 is 0. The van der Waals surface area contributed by atoms with Crippen LogP contribution >= 0.6 is 0 Å². The van der Waals surface area contributed by atoms with Crippen molar-refractivity contribution in [3.05, 3.63) is 51.7 Å². The Balaban J connectivity index is 1.57.